The molecule has 1 N–H and O–H groups in total. The van der Waals surface area contributed by atoms with Crippen LogP contribution in [0.15, 0.2) is 12.3 Å². The van der Waals surface area contributed by atoms with Gasteiger partial charge in [0, 0.05) is 38.3 Å². The van der Waals surface area contributed by atoms with E-state index in [9.17, 15) is 9.59 Å². The molecular weight excluding hydrogens is 404 g/mol. The van der Waals surface area contributed by atoms with E-state index in [4.69, 9.17) is 4.74 Å². The summed E-state index contributed by atoms with van der Waals surface area (Å²) in [7, 11) is 3.29. The third-order valence-electron chi connectivity index (χ3n) is 5.32. The van der Waals surface area contributed by atoms with Gasteiger partial charge in [0.1, 0.15) is 17.4 Å². The number of anilines is 3. The normalized spacial score (nSPS) is 16.4. The van der Waals surface area contributed by atoms with Gasteiger partial charge in [-0.05, 0) is 25.0 Å². The van der Waals surface area contributed by atoms with Crippen molar-refractivity contribution in [2.45, 2.75) is 19.9 Å². The second-order valence-corrected chi connectivity index (χ2v) is 8.41. The van der Waals surface area contributed by atoms with E-state index in [1.54, 1.807) is 25.3 Å². The molecule has 4 heterocycles. The highest BCUT2D eigenvalue weighted by atomic mass is 32.1. The molecule has 2 aliphatic rings. The molecule has 2 aromatic heterocycles. The predicted molar refractivity (Wildman–Crippen MR) is 116 cm³/mol. The van der Waals surface area contributed by atoms with Gasteiger partial charge in [-0.2, -0.15) is 4.98 Å². The number of likely N-dealkylation sites (N-methyl/N-ethyl adjacent to an activating group) is 1. The maximum absolute atomic E-state index is 13.1. The van der Waals surface area contributed by atoms with Gasteiger partial charge >= 0.3 is 0 Å². The van der Waals surface area contributed by atoms with Crippen LogP contribution >= 0.6 is 11.3 Å². The van der Waals surface area contributed by atoms with Crippen LogP contribution in [0, 0.1) is 0 Å². The molecule has 2 aromatic rings. The summed E-state index contributed by atoms with van der Waals surface area (Å²) >= 11 is 1.52. The largest absolute Gasteiger partial charge is 0.383 e. The van der Waals surface area contributed by atoms with Gasteiger partial charge in [-0.3, -0.25) is 14.5 Å². The summed E-state index contributed by atoms with van der Waals surface area (Å²) in [5, 5.41) is 3.95. The van der Waals surface area contributed by atoms with E-state index in [0.717, 1.165) is 34.3 Å². The quantitative estimate of drug-likeness (QED) is 0.744. The molecule has 0 atom stereocenters. The zero-order valence-electron chi connectivity index (χ0n) is 17.5. The molecule has 0 spiro atoms. The monoisotopic (exact) mass is 430 g/mol. The van der Waals surface area contributed by atoms with E-state index >= 15 is 0 Å². The van der Waals surface area contributed by atoms with Crippen molar-refractivity contribution in [3.63, 3.8) is 0 Å². The Morgan fingerprint density at radius 3 is 2.90 bits per heavy atom. The summed E-state index contributed by atoms with van der Waals surface area (Å²) in [6, 6.07) is 1.85. The second-order valence-electron chi connectivity index (χ2n) is 7.33. The number of thiophene rings is 1. The fourth-order valence-corrected chi connectivity index (χ4v) is 5.22. The molecular formula is C20H26N6O3S. The number of fused-ring (bicyclic) bond motifs is 3. The van der Waals surface area contributed by atoms with Crippen molar-refractivity contribution >= 4 is 39.9 Å². The predicted octanol–water partition coefficient (Wildman–Crippen LogP) is 1.60. The first-order chi connectivity index (χ1) is 14.5. The number of hydrogen-bond acceptors (Lipinski definition) is 8. The molecule has 160 valence electrons. The fourth-order valence-electron chi connectivity index (χ4n) is 3.82. The van der Waals surface area contributed by atoms with E-state index in [1.165, 1.54) is 16.2 Å². The summed E-state index contributed by atoms with van der Waals surface area (Å²) in [4.78, 5) is 41.3. The highest BCUT2D eigenvalue weighted by molar-refractivity contribution is 7.17. The molecule has 2 amide bonds. The number of carbonyl (C=O) groups is 2. The smallest absolute Gasteiger partial charge is 0.257 e. The molecule has 4 rings (SSSR count). The van der Waals surface area contributed by atoms with Gasteiger partial charge in [0.05, 0.1) is 25.3 Å². The van der Waals surface area contributed by atoms with Gasteiger partial charge in [0.2, 0.25) is 11.9 Å². The molecule has 0 aromatic carbocycles. The number of hydrogen-bond donors (Lipinski definition) is 1. The molecule has 0 saturated heterocycles. The lowest BCUT2D eigenvalue weighted by Crippen LogP contribution is -2.39. The number of carbonyl (C=O) groups excluding carboxylic acids is 2. The molecule has 0 radical (unpaired) electrons. The Labute approximate surface area is 179 Å². The fraction of sp³-hybridized carbons (Fsp3) is 0.500. The van der Waals surface area contributed by atoms with Crippen LogP contribution in [0.5, 0.6) is 0 Å². The van der Waals surface area contributed by atoms with Crippen molar-refractivity contribution in [2.24, 2.45) is 0 Å². The van der Waals surface area contributed by atoms with E-state index < -0.39 is 0 Å². The Balaban J connectivity index is 1.68. The van der Waals surface area contributed by atoms with Crippen LogP contribution in [0.1, 0.15) is 27.7 Å². The van der Waals surface area contributed by atoms with Crippen molar-refractivity contribution in [3.8, 4) is 0 Å². The summed E-state index contributed by atoms with van der Waals surface area (Å²) < 4.78 is 5.19. The molecule has 30 heavy (non-hydrogen) atoms. The number of ether oxygens (including phenoxy) is 1. The second kappa shape index (κ2) is 8.57. The molecule has 0 aliphatic carbocycles. The van der Waals surface area contributed by atoms with Crippen LogP contribution in [0.3, 0.4) is 0 Å². The van der Waals surface area contributed by atoms with Gasteiger partial charge in [0.25, 0.3) is 5.91 Å². The van der Waals surface area contributed by atoms with Gasteiger partial charge < -0.3 is 19.9 Å². The first-order valence-electron chi connectivity index (χ1n) is 10.0. The van der Waals surface area contributed by atoms with Crippen LogP contribution < -0.4 is 15.1 Å². The van der Waals surface area contributed by atoms with E-state index in [-0.39, 0.29) is 18.4 Å². The van der Waals surface area contributed by atoms with Crippen LogP contribution in [0.4, 0.5) is 16.8 Å². The van der Waals surface area contributed by atoms with Crippen molar-refractivity contribution in [3.05, 3.63) is 28.3 Å². The van der Waals surface area contributed by atoms with Crippen LogP contribution in [-0.2, 0) is 22.5 Å². The molecule has 0 unspecified atom stereocenters. The van der Waals surface area contributed by atoms with Crippen LogP contribution in [-0.4, -0.2) is 73.6 Å². The molecule has 0 bridgehead atoms. The number of nitrogens with zero attached hydrogens (tertiary/aromatic N) is 5. The summed E-state index contributed by atoms with van der Waals surface area (Å²) in [5.41, 5.74) is 1.71. The highest BCUT2D eigenvalue weighted by Crippen LogP contribution is 2.41. The summed E-state index contributed by atoms with van der Waals surface area (Å²) in [5.74, 6) is 1.29. The standard InChI is InChI=1S/C20H26N6O3S/c1-4-21-15-5-7-22-20(23-15)25-8-6-13-14(11-25)30-19-17(13)18(28)24(2)12-16(27)26(19)9-10-29-3/h5,7H,4,6,8-12H2,1-3H3,(H,21,22,23). The zero-order valence-corrected chi connectivity index (χ0v) is 18.3. The number of nitrogens with one attached hydrogen (secondary N) is 1. The Hall–Kier alpha value is -2.72. The van der Waals surface area contributed by atoms with E-state index in [1.807, 2.05) is 13.0 Å². The SMILES string of the molecule is CCNc1ccnc(N2CCc3c(sc4c3C(=O)N(C)CC(=O)N4CCOC)C2)n1. The van der Waals surface area contributed by atoms with Crippen LogP contribution in [0.2, 0.25) is 0 Å². The van der Waals surface area contributed by atoms with E-state index in [2.05, 4.69) is 20.2 Å². The minimum atomic E-state index is -0.0883. The first kappa shape index (κ1) is 20.5. The first-order valence-corrected chi connectivity index (χ1v) is 10.9. The summed E-state index contributed by atoms with van der Waals surface area (Å²) in [6.45, 7) is 5.08. The maximum atomic E-state index is 13.1. The van der Waals surface area contributed by atoms with Crippen molar-refractivity contribution in [1.29, 1.82) is 0 Å². The lowest BCUT2D eigenvalue weighted by atomic mass is 10.0. The molecule has 2 aliphatic heterocycles. The topological polar surface area (TPSA) is 90.9 Å². The number of rotatable bonds is 6. The van der Waals surface area contributed by atoms with Gasteiger partial charge in [-0.25, -0.2) is 4.98 Å². The minimum Gasteiger partial charge on any atom is -0.383 e. The van der Waals surface area contributed by atoms with Crippen molar-refractivity contribution in [2.75, 3.05) is 62.1 Å². The average Bonchev–Trinajstić information content (AvgIpc) is 3.08. The minimum absolute atomic E-state index is 0.0793. The van der Waals surface area contributed by atoms with Crippen molar-refractivity contribution in [1.82, 2.24) is 14.9 Å². The number of aromatic nitrogens is 2. The number of methoxy groups -OCH3 is 1. The summed E-state index contributed by atoms with van der Waals surface area (Å²) in [6.07, 6.45) is 2.46. The van der Waals surface area contributed by atoms with Gasteiger partial charge in [-0.15, -0.1) is 11.3 Å². The number of amides is 2. The Morgan fingerprint density at radius 1 is 1.30 bits per heavy atom. The zero-order chi connectivity index (χ0) is 21.3. The van der Waals surface area contributed by atoms with Gasteiger partial charge in [-0.1, -0.05) is 0 Å². The molecule has 0 saturated carbocycles. The van der Waals surface area contributed by atoms with Crippen molar-refractivity contribution < 1.29 is 14.3 Å². The Kier molecular flexibility index (Phi) is 5.87. The maximum Gasteiger partial charge on any atom is 0.257 e. The lowest BCUT2D eigenvalue weighted by Gasteiger charge is -2.27. The molecule has 0 fully saturated rings. The average molecular weight is 431 g/mol. The van der Waals surface area contributed by atoms with Gasteiger partial charge in [0.15, 0.2) is 0 Å². The molecule has 9 nitrogen and oxygen atoms in total. The lowest BCUT2D eigenvalue weighted by molar-refractivity contribution is -0.119. The Bertz CT molecular complexity index is 962. The Morgan fingerprint density at radius 2 is 2.13 bits per heavy atom. The third kappa shape index (κ3) is 3.72. The van der Waals surface area contributed by atoms with E-state index in [0.29, 0.717) is 37.6 Å². The van der Waals surface area contributed by atoms with Crippen LogP contribution in [0.25, 0.3) is 0 Å². The molecule has 10 heteroatoms. The highest BCUT2D eigenvalue weighted by Gasteiger charge is 2.37. The third-order valence-corrected chi connectivity index (χ3v) is 6.56.